The van der Waals surface area contributed by atoms with Gasteiger partial charge in [-0.2, -0.15) is 13.2 Å². The molecule has 0 radical (unpaired) electrons. The van der Waals surface area contributed by atoms with Crippen molar-refractivity contribution >= 4 is 17.4 Å². The van der Waals surface area contributed by atoms with E-state index >= 15 is 0 Å². The van der Waals surface area contributed by atoms with E-state index in [2.05, 4.69) is 9.97 Å². The van der Waals surface area contributed by atoms with Crippen LogP contribution in [-0.2, 0) is 11.2 Å². The molecule has 20 heavy (non-hydrogen) atoms. The molecule has 0 unspecified atom stereocenters. The van der Waals surface area contributed by atoms with Gasteiger partial charge in [0, 0.05) is 12.6 Å². The zero-order valence-corrected chi connectivity index (χ0v) is 11.3. The maximum atomic E-state index is 12.4. The van der Waals surface area contributed by atoms with Gasteiger partial charge in [-0.1, -0.05) is 11.6 Å². The smallest absolute Gasteiger partial charge is 0.374 e. The van der Waals surface area contributed by atoms with Gasteiger partial charge in [0.2, 0.25) is 0 Å². The number of nitrogens with zero attached hydrogens (tertiary/aromatic N) is 3. The molecule has 1 aromatic heterocycles. The van der Waals surface area contributed by atoms with E-state index in [9.17, 15) is 13.2 Å². The summed E-state index contributed by atoms with van der Waals surface area (Å²) in [6.07, 6.45) is -3.44. The number of ether oxygens (including phenoxy) is 1. The molecule has 3 saturated heterocycles. The lowest BCUT2D eigenvalue weighted by molar-refractivity contribution is -0.128. The Kier molecular flexibility index (Phi) is 3.50. The number of hydrogen-bond acceptors (Lipinski definition) is 4. The minimum Gasteiger partial charge on any atom is -0.374 e. The largest absolute Gasteiger partial charge is 0.396 e. The number of rotatable bonds is 2. The topological polar surface area (TPSA) is 38.2 Å². The summed E-state index contributed by atoms with van der Waals surface area (Å²) < 4.78 is 42.9. The highest BCUT2D eigenvalue weighted by molar-refractivity contribution is 6.29. The van der Waals surface area contributed by atoms with Crippen molar-refractivity contribution in [1.29, 1.82) is 0 Å². The fourth-order valence-electron chi connectivity index (χ4n) is 2.69. The number of alkyl halides is 3. The number of fused-ring (bicyclic) bond motifs is 3. The summed E-state index contributed by atoms with van der Waals surface area (Å²) in [4.78, 5) is 9.65. The molecule has 4 nitrogen and oxygen atoms in total. The Morgan fingerprint density at radius 2 is 2.15 bits per heavy atom. The average Bonchev–Trinajstić information content (AvgIpc) is 2.37. The summed E-state index contributed by atoms with van der Waals surface area (Å²) in [7, 11) is 0. The fourth-order valence-corrected chi connectivity index (χ4v) is 2.88. The van der Waals surface area contributed by atoms with E-state index < -0.39 is 12.6 Å². The van der Waals surface area contributed by atoms with Crippen molar-refractivity contribution in [3.63, 3.8) is 0 Å². The Labute approximate surface area is 118 Å². The summed E-state index contributed by atoms with van der Waals surface area (Å²) in [5.74, 6) is 0.171. The standard InChI is InChI=1S/C12H13ClF3N3O/c13-9-3-11(18-10(17-9)4-12(14,15)16)19-5-8-2-1-7(19)6-20-8/h3,7-8H,1-2,4-6H2/t7-,8-/m0/s1. The SMILES string of the molecule is FC(F)(F)Cc1nc(Cl)cc(N2C[C@@H]3CC[C@H]2CO3)n1. The zero-order valence-electron chi connectivity index (χ0n) is 10.5. The highest BCUT2D eigenvalue weighted by atomic mass is 35.5. The molecule has 4 rings (SSSR count). The molecule has 2 atom stereocenters. The van der Waals surface area contributed by atoms with Crippen LogP contribution in [0.5, 0.6) is 0 Å². The van der Waals surface area contributed by atoms with Crippen LogP contribution < -0.4 is 4.90 Å². The normalized spacial score (nSPS) is 26.1. The van der Waals surface area contributed by atoms with Crippen molar-refractivity contribution in [3.05, 3.63) is 17.0 Å². The highest BCUT2D eigenvalue weighted by Gasteiger charge is 2.36. The molecule has 3 aliphatic rings. The van der Waals surface area contributed by atoms with E-state index in [0.29, 0.717) is 19.0 Å². The number of anilines is 1. The molecule has 0 aliphatic carbocycles. The third-order valence-corrected chi connectivity index (χ3v) is 3.76. The number of piperidine rings is 1. The monoisotopic (exact) mass is 307 g/mol. The molecule has 3 aliphatic heterocycles. The third kappa shape index (κ3) is 2.98. The molecule has 0 aromatic carbocycles. The first kappa shape index (κ1) is 13.9. The van der Waals surface area contributed by atoms with Gasteiger partial charge in [0.25, 0.3) is 0 Å². The van der Waals surface area contributed by atoms with Crippen molar-refractivity contribution in [2.75, 3.05) is 18.1 Å². The molecule has 110 valence electrons. The van der Waals surface area contributed by atoms with Crippen molar-refractivity contribution in [3.8, 4) is 0 Å². The van der Waals surface area contributed by atoms with Crippen LogP contribution >= 0.6 is 11.6 Å². The highest BCUT2D eigenvalue weighted by Crippen LogP contribution is 2.31. The van der Waals surface area contributed by atoms with E-state index in [0.717, 1.165) is 12.8 Å². The number of aromatic nitrogens is 2. The molecule has 2 bridgehead atoms. The molecule has 0 saturated carbocycles. The number of hydrogen-bond donors (Lipinski definition) is 0. The van der Waals surface area contributed by atoms with Gasteiger partial charge in [0.15, 0.2) is 0 Å². The molecule has 0 amide bonds. The second-order valence-corrected chi connectivity index (χ2v) is 5.48. The fraction of sp³-hybridized carbons (Fsp3) is 0.667. The summed E-state index contributed by atoms with van der Waals surface area (Å²) in [5, 5.41) is 0.0385. The van der Waals surface area contributed by atoms with E-state index in [1.807, 2.05) is 4.90 Å². The Morgan fingerprint density at radius 3 is 2.70 bits per heavy atom. The Hall–Kier alpha value is -1.08. The average molecular weight is 308 g/mol. The predicted octanol–water partition coefficient (Wildman–Crippen LogP) is 2.60. The van der Waals surface area contributed by atoms with Gasteiger partial charge >= 0.3 is 6.18 Å². The van der Waals surface area contributed by atoms with Crippen LogP contribution in [-0.4, -0.2) is 41.4 Å². The van der Waals surface area contributed by atoms with Crippen molar-refractivity contribution in [2.45, 2.75) is 37.6 Å². The van der Waals surface area contributed by atoms with Gasteiger partial charge in [0.05, 0.1) is 18.8 Å². The van der Waals surface area contributed by atoms with Crippen molar-refractivity contribution in [2.24, 2.45) is 0 Å². The Balaban J connectivity index is 1.86. The molecule has 0 N–H and O–H groups in total. The molecular weight excluding hydrogens is 295 g/mol. The zero-order chi connectivity index (χ0) is 14.3. The molecule has 8 heteroatoms. The third-order valence-electron chi connectivity index (χ3n) is 3.57. The van der Waals surface area contributed by atoms with E-state index in [1.165, 1.54) is 6.07 Å². The van der Waals surface area contributed by atoms with Crippen LogP contribution in [0.4, 0.5) is 19.0 Å². The van der Waals surface area contributed by atoms with Crippen molar-refractivity contribution < 1.29 is 17.9 Å². The van der Waals surface area contributed by atoms with E-state index in [4.69, 9.17) is 16.3 Å². The van der Waals surface area contributed by atoms with E-state index in [-0.39, 0.29) is 23.1 Å². The van der Waals surface area contributed by atoms with Gasteiger partial charge in [-0.3, -0.25) is 0 Å². The lowest BCUT2D eigenvalue weighted by atomic mass is 9.97. The summed E-state index contributed by atoms with van der Waals surface area (Å²) in [6.45, 7) is 1.23. The summed E-state index contributed by atoms with van der Waals surface area (Å²) >= 11 is 5.82. The Morgan fingerprint density at radius 1 is 1.35 bits per heavy atom. The molecule has 0 spiro atoms. The van der Waals surface area contributed by atoms with Gasteiger partial charge in [-0.05, 0) is 12.8 Å². The maximum Gasteiger partial charge on any atom is 0.396 e. The van der Waals surface area contributed by atoms with Gasteiger partial charge in [0.1, 0.15) is 23.2 Å². The molecule has 4 heterocycles. The van der Waals surface area contributed by atoms with Gasteiger partial charge < -0.3 is 9.64 Å². The lowest BCUT2D eigenvalue weighted by Crippen LogP contribution is -2.55. The minimum atomic E-state index is -4.34. The van der Waals surface area contributed by atoms with Crippen LogP contribution in [0.25, 0.3) is 0 Å². The lowest BCUT2D eigenvalue weighted by Gasteiger charge is -2.45. The minimum absolute atomic E-state index is 0.0385. The van der Waals surface area contributed by atoms with Crippen LogP contribution in [0, 0.1) is 0 Å². The predicted molar refractivity (Wildman–Crippen MR) is 66.9 cm³/mol. The first-order valence-corrected chi connectivity index (χ1v) is 6.77. The van der Waals surface area contributed by atoms with Crippen molar-refractivity contribution in [1.82, 2.24) is 9.97 Å². The first-order valence-electron chi connectivity index (χ1n) is 6.39. The van der Waals surface area contributed by atoms with Crippen LogP contribution in [0.3, 0.4) is 0 Å². The van der Waals surface area contributed by atoms with Crippen LogP contribution in [0.2, 0.25) is 5.15 Å². The second-order valence-electron chi connectivity index (χ2n) is 5.10. The molecule has 1 aromatic rings. The molecular formula is C12H13ClF3N3O. The van der Waals surface area contributed by atoms with Gasteiger partial charge in [-0.15, -0.1) is 0 Å². The quantitative estimate of drug-likeness (QED) is 0.787. The van der Waals surface area contributed by atoms with E-state index in [1.54, 1.807) is 0 Å². The first-order chi connectivity index (χ1) is 9.40. The second kappa shape index (κ2) is 5.04. The summed E-state index contributed by atoms with van der Waals surface area (Å²) in [6, 6.07) is 1.67. The van der Waals surface area contributed by atoms with Crippen LogP contribution in [0.15, 0.2) is 6.07 Å². The Bertz CT molecular complexity index is 503. The maximum absolute atomic E-state index is 12.4. The number of morpholine rings is 1. The summed E-state index contributed by atoms with van der Waals surface area (Å²) in [5.41, 5.74) is 0. The number of halogens is 4. The van der Waals surface area contributed by atoms with Gasteiger partial charge in [-0.25, -0.2) is 9.97 Å². The van der Waals surface area contributed by atoms with Crippen LogP contribution in [0.1, 0.15) is 18.7 Å². The molecule has 3 fully saturated rings.